The molecule has 1 aliphatic heterocycles. The predicted octanol–water partition coefficient (Wildman–Crippen LogP) is 4.48. The SMILES string of the molecule is Cn1c(-c2cccc(C(F)(F)F)n2)nc2ncc(N3C[C@@H]4[C@H](COc5cc(F)cc(F)c5)[C@@H]4C3)nc21. The van der Waals surface area contributed by atoms with Crippen LogP contribution in [0.1, 0.15) is 5.69 Å². The van der Waals surface area contributed by atoms with Crippen molar-refractivity contribution in [1.29, 1.82) is 0 Å². The molecule has 36 heavy (non-hydrogen) atoms. The third-order valence-electron chi connectivity index (χ3n) is 6.81. The van der Waals surface area contributed by atoms with Crippen molar-refractivity contribution < 1.29 is 26.7 Å². The molecule has 12 heteroatoms. The molecule has 4 aromatic rings. The Morgan fingerprint density at radius 3 is 2.42 bits per heavy atom. The number of nitrogens with zero attached hydrogens (tertiary/aromatic N) is 6. The fourth-order valence-electron chi connectivity index (χ4n) is 4.93. The highest BCUT2D eigenvalue weighted by atomic mass is 19.4. The lowest BCUT2D eigenvalue weighted by atomic mass is 10.2. The van der Waals surface area contributed by atoms with Crippen LogP contribution in [-0.2, 0) is 13.2 Å². The number of hydrogen-bond donors (Lipinski definition) is 0. The number of fused-ring (bicyclic) bond motifs is 2. The summed E-state index contributed by atoms with van der Waals surface area (Å²) in [5, 5.41) is 0. The Hall–Kier alpha value is -3.83. The Kier molecular flexibility index (Phi) is 5.09. The lowest BCUT2D eigenvalue weighted by Gasteiger charge is -2.20. The molecule has 6 rings (SSSR count). The number of halogens is 5. The van der Waals surface area contributed by atoms with Crippen LogP contribution in [0, 0.1) is 29.4 Å². The summed E-state index contributed by atoms with van der Waals surface area (Å²) in [5.41, 5.74) is -0.160. The molecule has 0 N–H and O–H groups in total. The maximum atomic E-state index is 13.3. The summed E-state index contributed by atoms with van der Waals surface area (Å²) in [6, 6.07) is 6.79. The quantitative estimate of drug-likeness (QED) is 0.375. The van der Waals surface area contributed by atoms with Crippen LogP contribution in [0.5, 0.6) is 5.75 Å². The highest BCUT2D eigenvalue weighted by Crippen LogP contribution is 2.52. The smallest absolute Gasteiger partial charge is 0.433 e. The maximum absolute atomic E-state index is 13.3. The lowest BCUT2D eigenvalue weighted by Crippen LogP contribution is -2.26. The van der Waals surface area contributed by atoms with Gasteiger partial charge in [-0.1, -0.05) is 6.07 Å². The minimum absolute atomic E-state index is 0.0807. The highest BCUT2D eigenvalue weighted by Gasteiger charge is 2.56. The number of aromatic nitrogens is 5. The van der Waals surface area contributed by atoms with Crippen molar-refractivity contribution in [3.8, 4) is 17.3 Å². The van der Waals surface area contributed by atoms with E-state index in [1.54, 1.807) is 17.8 Å². The molecular weight excluding hydrogens is 483 g/mol. The number of aryl methyl sites for hydroxylation is 1. The van der Waals surface area contributed by atoms with Crippen molar-refractivity contribution in [2.24, 2.45) is 24.8 Å². The molecule has 2 aliphatic rings. The molecule has 0 amide bonds. The van der Waals surface area contributed by atoms with Crippen molar-refractivity contribution in [2.75, 3.05) is 24.6 Å². The zero-order chi connectivity index (χ0) is 25.2. The molecular formula is C24H19F5N6O. The van der Waals surface area contributed by atoms with Crippen molar-refractivity contribution in [2.45, 2.75) is 6.18 Å². The van der Waals surface area contributed by atoms with Crippen LogP contribution < -0.4 is 9.64 Å². The minimum atomic E-state index is -4.56. The first-order valence-corrected chi connectivity index (χ1v) is 11.3. The van der Waals surface area contributed by atoms with Crippen LogP contribution >= 0.6 is 0 Å². The van der Waals surface area contributed by atoms with Gasteiger partial charge in [0.05, 0.1) is 12.8 Å². The Labute approximate surface area is 201 Å². The second-order valence-corrected chi connectivity index (χ2v) is 9.09. The third-order valence-corrected chi connectivity index (χ3v) is 6.81. The van der Waals surface area contributed by atoms with Crippen molar-refractivity contribution in [3.05, 3.63) is 59.9 Å². The molecule has 4 heterocycles. The van der Waals surface area contributed by atoms with E-state index in [0.717, 1.165) is 37.4 Å². The Balaban J connectivity index is 1.16. The summed E-state index contributed by atoms with van der Waals surface area (Å²) in [7, 11) is 1.66. The fraction of sp³-hybridized carbons (Fsp3) is 0.333. The van der Waals surface area contributed by atoms with E-state index in [0.29, 0.717) is 41.5 Å². The molecule has 0 bridgehead atoms. The molecule has 186 valence electrons. The average Bonchev–Trinajstić information content (AvgIpc) is 3.13. The van der Waals surface area contributed by atoms with Crippen LogP contribution in [0.3, 0.4) is 0 Å². The topological polar surface area (TPSA) is 69.0 Å². The normalized spacial score (nSPS) is 21.2. The molecule has 3 atom stereocenters. The Bertz CT molecular complexity index is 1440. The van der Waals surface area contributed by atoms with Crippen LogP contribution in [-0.4, -0.2) is 44.2 Å². The van der Waals surface area contributed by atoms with Gasteiger partial charge in [0, 0.05) is 44.3 Å². The number of ether oxygens (including phenoxy) is 1. The molecule has 1 saturated heterocycles. The van der Waals surface area contributed by atoms with E-state index in [-0.39, 0.29) is 17.3 Å². The van der Waals surface area contributed by atoms with Gasteiger partial charge in [0.15, 0.2) is 17.1 Å². The standard InChI is InChI=1S/C24H19F5N6O/c1-34-22(18-3-2-4-19(31-18)24(27,28)29)33-21-23(34)32-20(8-30-21)35-9-15-16(10-35)17(15)11-36-14-6-12(25)5-13(26)7-14/h2-8,15-17H,9-11H2,1H3/t15-,16+,17-. The number of rotatable bonds is 5. The number of anilines is 1. The van der Waals surface area contributed by atoms with E-state index in [4.69, 9.17) is 4.74 Å². The van der Waals surface area contributed by atoms with Gasteiger partial charge in [-0.3, -0.25) is 0 Å². The van der Waals surface area contributed by atoms with E-state index in [1.165, 1.54) is 12.1 Å². The molecule has 2 fully saturated rings. The summed E-state index contributed by atoms with van der Waals surface area (Å²) < 4.78 is 73.1. The first kappa shape index (κ1) is 22.6. The summed E-state index contributed by atoms with van der Waals surface area (Å²) in [6.45, 7) is 1.85. The molecule has 3 aromatic heterocycles. The summed E-state index contributed by atoms with van der Waals surface area (Å²) in [4.78, 5) is 19.2. The van der Waals surface area contributed by atoms with Gasteiger partial charge in [-0.05, 0) is 24.0 Å². The van der Waals surface area contributed by atoms with Gasteiger partial charge in [0.25, 0.3) is 0 Å². The number of alkyl halides is 3. The third kappa shape index (κ3) is 3.99. The second-order valence-electron chi connectivity index (χ2n) is 9.09. The van der Waals surface area contributed by atoms with Crippen LogP contribution in [0.25, 0.3) is 22.8 Å². The largest absolute Gasteiger partial charge is 0.493 e. The van der Waals surface area contributed by atoms with Crippen molar-refractivity contribution in [3.63, 3.8) is 0 Å². The molecule has 0 radical (unpaired) electrons. The highest BCUT2D eigenvalue weighted by molar-refractivity contribution is 5.74. The van der Waals surface area contributed by atoms with Crippen LogP contribution in [0.4, 0.5) is 27.8 Å². The molecule has 1 saturated carbocycles. The van der Waals surface area contributed by atoms with Gasteiger partial charge in [-0.2, -0.15) is 13.2 Å². The molecule has 0 spiro atoms. The summed E-state index contributed by atoms with van der Waals surface area (Å²) in [6.07, 6.45) is -2.96. The van der Waals surface area contributed by atoms with Gasteiger partial charge in [-0.25, -0.2) is 28.7 Å². The monoisotopic (exact) mass is 502 g/mol. The molecule has 1 aliphatic carbocycles. The zero-order valence-electron chi connectivity index (χ0n) is 18.9. The van der Waals surface area contributed by atoms with Gasteiger partial charge < -0.3 is 14.2 Å². The fourth-order valence-corrected chi connectivity index (χ4v) is 4.93. The first-order valence-electron chi connectivity index (χ1n) is 11.3. The Morgan fingerprint density at radius 1 is 1.00 bits per heavy atom. The molecule has 7 nitrogen and oxygen atoms in total. The predicted molar refractivity (Wildman–Crippen MR) is 119 cm³/mol. The van der Waals surface area contributed by atoms with Crippen LogP contribution in [0.2, 0.25) is 0 Å². The minimum Gasteiger partial charge on any atom is -0.493 e. The molecule has 1 aromatic carbocycles. The second kappa shape index (κ2) is 8.10. The van der Waals surface area contributed by atoms with Gasteiger partial charge in [0.1, 0.15) is 34.6 Å². The van der Waals surface area contributed by atoms with Crippen molar-refractivity contribution >= 4 is 17.1 Å². The maximum Gasteiger partial charge on any atom is 0.433 e. The van der Waals surface area contributed by atoms with Crippen LogP contribution in [0.15, 0.2) is 42.6 Å². The van der Waals surface area contributed by atoms with E-state index < -0.39 is 23.5 Å². The zero-order valence-corrected chi connectivity index (χ0v) is 18.9. The van der Waals surface area contributed by atoms with E-state index in [2.05, 4.69) is 24.8 Å². The van der Waals surface area contributed by atoms with Gasteiger partial charge >= 0.3 is 6.18 Å². The summed E-state index contributed by atoms with van der Waals surface area (Å²) in [5.74, 6) is 0.741. The van der Waals surface area contributed by atoms with E-state index in [9.17, 15) is 22.0 Å². The number of imidazole rings is 1. The van der Waals surface area contributed by atoms with Crippen molar-refractivity contribution in [1.82, 2.24) is 24.5 Å². The number of piperidine rings is 1. The van der Waals surface area contributed by atoms with Gasteiger partial charge in [0.2, 0.25) is 0 Å². The number of hydrogen-bond acceptors (Lipinski definition) is 6. The van der Waals surface area contributed by atoms with Gasteiger partial charge in [-0.15, -0.1) is 0 Å². The number of pyridine rings is 1. The first-order chi connectivity index (χ1) is 17.2. The lowest BCUT2D eigenvalue weighted by molar-refractivity contribution is -0.141. The van der Waals surface area contributed by atoms with E-state index >= 15 is 0 Å². The Morgan fingerprint density at radius 2 is 1.72 bits per heavy atom. The average molecular weight is 502 g/mol. The number of benzene rings is 1. The summed E-state index contributed by atoms with van der Waals surface area (Å²) >= 11 is 0. The molecule has 0 unspecified atom stereocenters. The van der Waals surface area contributed by atoms with E-state index in [1.807, 2.05) is 0 Å².